The first-order chi connectivity index (χ1) is 10.0. The highest BCUT2D eigenvalue weighted by Crippen LogP contribution is 2.50. The molecule has 0 bridgehead atoms. The van der Waals surface area contributed by atoms with E-state index < -0.39 is 0 Å². The van der Waals surface area contributed by atoms with Crippen LogP contribution in [0, 0.1) is 0 Å². The van der Waals surface area contributed by atoms with Crippen molar-refractivity contribution in [3.8, 4) is 0 Å². The van der Waals surface area contributed by atoms with Crippen molar-refractivity contribution in [3.63, 3.8) is 0 Å². The van der Waals surface area contributed by atoms with Crippen LogP contribution >= 0.6 is 45.1 Å². The molecule has 0 rings (SSSR count). The summed E-state index contributed by atoms with van der Waals surface area (Å²) >= 11 is 3.73. The zero-order chi connectivity index (χ0) is 17.4. The van der Waals surface area contributed by atoms with Crippen LogP contribution in [-0.4, -0.2) is 9.49 Å². The van der Waals surface area contributed by atoms with Gasteiger partial charge in [-0.3, -0.25) is 0 Å². The molecule has 0 aliphatic rings. The molecule has 0 saturated carbocycles. The van der Waals surface area contributed by atoms with E-state index in [0.717, 1.165) is 17.1 Å². The Morgan fingerprint density at radius 3 is 2.09 bits per heavy atom. The third kappa shape index (κ3) is 11.0. The molecule has 0 atom stereocenters. The predicted molar refractivity (Wildman–Crippen MR) is 115 cm³/mol. The van der Waals surface area contributed by atoms with Gasteiger partial charge in [-0.25, -0.2) is 0 Å². The van der Waals surface area contributed by atoms with E-state index in [2.05, 4.69) is 60.4 Å². The lowest BCUT2D eigenvalue weighted by molar-refractivity contribution is 0.688. The highest BCUT2D eigenvalue weighted by Gasteiger charge is 2.22. The molecule has 0 aromatic heterocycles. The summed E-state index contributed by atoms with van der Waals surface area (Å²) in [5.41, 5.74) is 4.58. The molecule has 0 unspecified atom stereocenters. The van der Waals surface area contributed by atoms with Crippen LogP contribution in [0.3, 0.4) is 0 Å². The molecule has 4 heteroatoms. The molecule has 0 radical (unpaired) electrons. The average molecular weight is 375 g/mol. The van der Waals surface area contributed by atoms with E-state index in [1.807, 2.05) is 36.5 Å². The average Bonchev–Trinajstić information content (AvgIpc) is 2.33. The van der Waals surface area contributed by atoms with Gasteiger partial charge in [0, 0.05) is 13.7 Å². The smallest absolute Gasteiger partial charge is 0.0937 e. The van der Waals surface area contributed by atoms with Gasteiger partial charge in [-0.05, 0) is 54.4 Å². The van der Waals surface area contributed by atoms with Crippen LogP contribution in [0.1, 0.15) is 61.3 Å². The second-order valence-electron chi connectivity index (χ2n) is 6.47. The Morgan fingerprint density at radius 1 is 1.05 bits per heavy atom. The molecule has 0 aromatic rings. The van der Waals surface area contributed by atoms with Crippen LogP contribution < -0.4 is 0 Å². The topological polar surface area (TPSA) is 0 Å². The van der Waals surface area contributed by atoms with E-state index >= 15 is 0 Å². The first-order valence-corrected chi connectivity index (χ1v) is 11.3. The zero-order valence-corrected chi connectivity index (χ0v) is 18.3. The van der Waals surface area contributed by atoms with Gasteiger partial charge in [-0.2, -0.15) is 0 Å². The normalized spacial score (nSPS) is 11.8. The standard InChI is InChI=1S/C18H30S4/c1-10-12-16(20-17(6,7)11-2)22-21-15(5)19-18(8,9)13-14(3)4/h10H,3,5,11,13H2,1-2,4,6-9H3. The quantitative estimate of drug-likeness (QED) is 0.214. The fraction of sp³-hybridized carbons (Fsp3) is 0.611. The van der Waals surface area contributed by atoms with Crippen LogP contribution in [0.15, 0.2) is 39.0 Å². The maximum Gasteiger partial charge on any atom is 0.0937 e. The number of allylic oxidation sites excluding steroid dienone is 2. The van der Waals surface area contributed by atoms with Crippen molar-refractivity contribution in [2.75, 3.05) is 0 Å². The summed E-state index contributed by atoms with van der Waals surface area (Å²) in [6.45, 7) is 23.6. The van der Waals surface area contributed by atoms with Crippen LogP contribution in [0.4, 0.5) is 0 Å². The third-order valence-electron chi connectivity index (χ3n) is 2.81. The lowest BCUT2D eigenvalue weighted by Gasteiger charge is -2.25. The molecule has 0 fully saturated rings. The van der Waals surface area contributed by atoms with Crippen molar-refractivity contribution in [2.24, 2.45) is 0 Å². The van der Waals surface area contributed by atoms with E-state index in [1.165, 1.54) is 9.81 Å². The lowest BCUT2D eigenvalue weighted by atomic mass is 10.1. The minimum Gasteiger partial charge on any atom is -0.112 e. The van der Waals surface area contributed by atoms with E-state index in [1.54, 1.807) is 21.6 Å². The van der Waals surface area contributed by atoms with Gasteiger partial charge in [0.15, 0.2) is 0 Å². The lowest BCUT2D eigenvalue weighted by Crippen LogP contribution is -2.14. The summed E-state index contributed by atoms with van der Waals surface area (Å²) in [6, 6.07) is 0. The molecule has 0 saturated heterocycles. The third-order valence-corrected chi connectivity index (χ3v) is 8.40. The molecular weight excluding hydrogens is 344 g/mol. The number of hydrogen-bond acceptors (Lipinski definition) is 4. The Bertz CT molecular complexity index is 452. The molecule has 0 amide bonds. The van der Waals surface area contributed by atoms with Gasteiger partial charge in [0.25, 0.3) is 0 Å². The van der Waals surface area contributed by atoms with Crippen LogP contribution in [0.2, 0.25) is 0 Å². The molecule has 0 spiro atoms. The summed E-state index contributed by atoms with van der Waals surface area (Å²) in [5, 5.41) is 0. The molecular formula is C18H30S4. The molecule has 0 N–H and O–H groups in total. The number of hydrogen-bond donors (Lipinski definition) is 0. The van der Waals surface area contributed by atoms with Gasteiger partial charge in [0.2, 0.25) is 0 Å². The van der Waals surface area contributed by atoms with Gasteiger partial charge >= 0.3 is 0 Å². The van der Waals surface area contributed by atoms with Crippen molar-refractivity contribution >= 4 is 45.1 Å². The van der Waals surface area contributed by atoms with Crippen LogP contribution in [0.5, 0.6) is 0 Å². The van der Waals surface area contributed by atoms with E-state index in [0.29, 0.717) is 0 Å². The van der Waals surface area contributed by atoms with Crippen molar-refractivity contribution < 1.29 is 0 Å². The minimum atomic E-state index is 0.150. The molecule has 0 aliphatic heterocycles. The van der Waals surface area contributed by atoms with Gasteiger partial charge in [-0.15, -0.1) is 35.8 Å². The zero-order valence-electron chi connectivity index (χ0n) is 15.0. The Morgan fingerprint density at radius 2 is 1.64 bits per heavy atom. The molecule has 126 valence electrons. The fourth-order valence-corrected chi connectivity index (χ4v) is 7.28. The summed E-state index contributed by atoms with van der Waals surface area (Å²) in [6.07, 6.45) is 4.14. The van der Waals surface area contributed by atoms with Crippen molar-refractivity contribution in [2.45, 2.75) is 70.8 Å². The highest BCUT2D eigenvalue weighted by molar-refractivity contribution is 8.83. The van der Waals surface area contributed by atoms with Crippen LogP contribution in [0.25, 0.3) is 0 Å². The first-order valence-electron chi connectivity index (χ1n) is 7.48. The first kappa shape index (κ1) is 22.4. The van der Waals surface area contributed by atoms with E-state index in [-0.39, 0.29) is 9.49 Å². The second kappa shape index (κ2) is 10.3. The van der Waals surface area contributed by atoms with Gasteiger partial charge in [0.05, 0.1) is 4.24 Å². The number of thioether (sulfide) groups is 2. The Balaban J connectivity index is 4.59. The maximum atomic E-state index is 4.21. The SMILES string of the molecule is C=C(C)CC(C)(C)SC(=C)SSC(=C=CC)SC(C)(C)CC. The maximum absolute atomic E-state index is 4.21. The molecule has 0 heterocycles. The number of rotatable bonds is 10. The molecule has 22 heavy (non-hydrogen) atoms. The summed E-state index contributed by atoms with van der Waals surface area (Å²) in [4.78, 5) is 0. The highest BCUT2D eigenvalue weighted by atomic mass is 33.1. The van der Waals surface area contributed by atoms with Crippen molar-refractivity contribution in [3.05, 3.63) is 39.0 Å². The van der Waals surface area contributed by atoms with Crippen molar-refractivity contribution in [1.82, 2.24) is 0 Å². The van der Waals surface area contributed by atoms with E-state index in [4.69, 9.17) is 0 Å². The molecule has 0 nitrogen and oxygen atoms in total. The summed E-state index contributed by atoms with van der Waals surface area (Å²) < 4.78 is 2.75. The molecule has 0 aromatic carbocycles. The minimum absolute atomic E-state index is 0.150. The van der Waals surface area contributed by atoms with Gasteiger partial charge in [-0.1, -0.05) is 46.8 Å². The second-order valence-corrected chi connectivity index (χ2v) is 12.7. The largest absolute Gasteiger partial charge is 0.112 e. The predicted octanol–water partition coefficient (Wildman–Crippen LogP) is 8.26. The van der Waals surface area contributed by atoms with Crippen LogP contribution in [-0.2, 0) is 0 Å². The summed E-state index contributed by atoms with van der Waals surface area (Å²) in [7, 11) is 3.51. The fourth-order valence-electron chi connectivity index (χ4n) is 1.68. The van der Waals surface area contributed by atoms with Crippen molar-refractivity contribution in [1.29, 1.82) is 0 Å². The van der Waals surface area contributed by atoms with Gasteiger partial charge in [0.1, 0.15) is 0 Å². The monoisotopic (exact) mass is 374 g/mol. The van der Waals surface area contributed by atoms with Gasteiger partial charge < -0.3 is 0 Å². The van der Waals surface area contributed by atoms with E-state index in [9.17, 15) is 0 Å². The molecule has 0 aliphatic carbocycles. The Hall–Kier alpha value is 0.400. The summed E-state index contributed by atoms with van der Waals surface area (Å²) in [5.74, 6) is 0. The Labute approximate surface area is 154 Å². The Kier molecular flexibility index (Phi) is 10.5.